The number of para-hydroxylation sites is 2. The first-order chi connectivity index (χ1) is 9.65. The SMILES string of the molecule is O=C(O)C1CCN(C(=O)c2cnc3ccccc3n2)C1. The summed E-state index contributed by atoms with van der Waals surface area (Å²) in [6.07, 6.45) is 1.93. The Morgan fingerprint density at radius 3 is 2.70 bits per heavy atom. The highest BCUT2D eigenvalue weighted by Gasteiger charge is 2.31. The van der Waals surface area contributed by atoms with Crippen LogP contribution in [0.5, 0.6) is 0 Å². The fourth-order valence-electron chi connectivity index (χ4n) is 2.37. The lowest BCUT2D eigenvalue weighted by atomic mass is 10.1. The van der Waals surface area contributed by atoms with Crippen LogP contribution in [-0.4, -0.2) is 44.9 Å². The van der Waals surface area contributed by atoms with Gasteiger partial charge in [0.25, 0.3) is 5.91 Å². The Kier molecular flexibility index (Phi) is 3.06. The number of amides is 1. The van der Waals surface area contributed by atoms with Gasteiger partial charge in [-0.3, -0.25) is 14.6 Å². The van der Waals surface area contributed by atoms with Crippen molar-refractivity contribution < 1.29 is 14.7 Å². The molecule has 1 atom stereocenters. The van der Waals surface area contributed by atoms with Crippen molar-refractivity contribution >= 4 is 22.9 Å². The number of hydrogen-bond donors (Lipinski definition) is 1. The summed E-state index contributed by atoms with van der Waals surface area (Å²) in [4.78, 5) is 33.2. The van der Waals surface area contributed by atoms with Gasteiger partial charge in [0.15, 0.2) is 0 Å². The van der Waals surface area contributed by atoms with Crippen molar-refractivity contribution in [2.75, 3.05) is 13.1 Å². The van der Waals surface area contributed by atoms with E-state index in [2.05, 4.69) is 9.97 Å². The van der Waals surface area contributed by atoms with Crippen LogP contribution in [0.3, 0.4) is 0 Å². The van der Waals surface area contributed by atoms with Crippen LogP contribution in [0.2, 0.25) is 0 Å². The molecule has 3 rings (SSSR count). The van der Waals surface area contributed by atoms with Crippen LogP contribution in [0, 0.1) is 5.92 Å². The van der Waals surface area contributed by atoms with Crippen LogP contribution in [0.4, 0.5) is 0 Å². The first-order valence-corrected chi connectivity index (χ1v) is 6.39. The molecule has 0 spiro atoms. The topological polar surface area (TPSA) is 83.4 Å². The molecule has 20 heavy (non-hydrogen) atoms. The molecule has 1 N–H and O–H groups in total. The first kappa shape index (κ1) is 12.5. The lowest BCUT2D eigenvalue weighted by Crippen LogP contribution is -2.30. The number of fused-ring (bicyclic) bond motifs is 1. The molecule has 0 bridgehead atoms. The summed E-state index contributed by atoms with van der Waals surface area (Å²) < 4.78 is 0. The third-order valence-electron chi connectivity index (χ3n) is 3.49. The molecule has 1 aliphatic rings. The van der Waals surface area contributed by atoms with Gasteiger partial charge < -0.3 is 10.0 Å². The highest BCUT2D eigenvalue weighted by molar-refractivity contribution is 5.94. The number of carbonyl (C=O) groups is 2. The van der Waals surface area contributed by atoms with Crippen LogP contribution in [0.15, 0.2) is 30.5 Å². The summed E-state index contributed by atoms with van der Waals surface area (Å²) in [5.74, 6) is -1.59. The Balaban J connectivity index is 1.84. The smallest absolute Gasteiger partial charge is 0.308 e. The summed E-state index contributed by atoms with van der Waals surface area (Å²) in [6.45, 7) is 0.687. The Bertz CT molecular complexity index is 686. The maximum atomic E-state index is 12.3. The number of likely N-dealkylation sites (tertiary alicyclic amines) is 1. The predicted octanol–water partition coefficient (Wildman–Crippen LogP) is 1.18. The van der Waals surface area contributed by atoms with Gasteiger partial charge in [-0.2, -0.15) is 0 Å². The zero-order chi connectivity index (χ0) is 14.1. The summed E-state index contributed by atoms with van der Waals surface area (Å²) in [6, 6.07) is 7.31. The van der Waals surface area contributed by atoms with Crippen molar-refractivity contribution in [3.63, 3.8) is 0 Å². The van der Waals surface area contributed by atoms with Gasteiger partial charge in [0, 0.05) is 13.1 Å². The molecule has 0 saturated carbocycles. The normalized spacial score (nSPS) is 18.4. The Labute approximate surface area is 115 Å². The van der Waals surface area contributed by atoms with E-state index >= 15 is 0 Å². The number of nitrogens with zero attached hydrogens (tertiary/aromatic N) is 3. The van der Waals surface area contributed by atoms with Gasteiger partial charge in [0.05, 0.1) is 23.1 Å². The van der Waals surface area contributed by atoms with Gasteiger partial charge in [-0.05, 0) is 18.6 Å². The Morgan fingerprint density at radius 1 is 1.25 bits per heavy atom. The molecule has 1 saturated heterocycles. The second kappa shape index (κ2) is 4.88. The van der Waals surface area contributed by atoms with E-state index in [4.69, 9.17) is 5.11 Å². The largest absolute Gasteiger partial charge is 0.481 e. The molecular weight excluding hydrogens is 258 g/mol. The number of aromatic nitrogens is 2. The molecule has 1 unspecified atom stereocenters. The molecule has 1 aliphatic heterocycles. The number of rotatable bonds is 2. The average molecular weight is 271 g/mol. The summed E-state index contributed by atoms with van der Waals surface area (Å²) in [5.41, 5.74) is 1.65. The van der Waals surface area contributed by atoms with E-state index in [1.807, 2.05) is 18.2 Å². The van der Waals surface area contributed by atoms with Crippen molar-refractivity contribution in [3.05, 3.63) is 36.2 Å². The fourth-order valence-corrected chi connectivity index (χ4v) is 2.37. The summed E-state index contributed by atoms with van der Waals surface area (Å²) in [5, 5.41) is 8.96. The van der Waals surface area contributed by atoms with Gasteiger partial charge in [0.1, 0.15) is 5.69 Å². The van der Waals surface area contributed by atoms with Crippen LogP contribution in [0.25, 0.3) is 11.0 Å². The molecule has 1 aromatic heterocycles. The van der Waals surface area contributed by atoms with Gasteiger partial charge in [-0.15, -0.1) is 0 Å². The monoisotopic (exact) mass is 271 g/mol. The van der Waals surface area contributed by atoms with E-state index in [-0.39, 0.29) is 18.1 Å². The summed E-state index contributed by atoms with van der Waals surface area (Å²) >= 11 is 0. The van der Waals surface area contributed by atoms with Gasteiger partial charge in [0.2, 0.25) is 0 Å². The third-order valence-corrected chi connectivity index (χ3v) is 3.49. The fraction of sp³-hybridized carbons (Fsp3) is 0.286. The molecule has 1 aromatic carbocycles. The number of aliphatic carboxylic acids is 1. The van der Waals surface area contributed by atoms with E-state index < -0.39 is 11.9 Å². The molecular formula is C14H13N3O3. The zero-order valence-corrected chi connectivity index (χ0v) is 10.7. The predicted molar refractivity (Wildman–Crippen MR) is 71.2 cm³/mol. The quantitative estimate of drug-likeness (QED) is 0.886. The Hall–Kier alpha value is -2.50. The second-order valence-electron chi connectivity index (χ2n) is 4.82. The van der Waals surface area contributed by atoms with E-state index in [9.17, 15) is 9.59 Å². The minimum absolute atomic E-state index is 0.239. The summed E-state index contributed by atoms with van der Waals surface area (Å²) in [7, 11) is 0. The highest BCUT2D eigenvalue weighted by atomic mass is 16.4. The molecule has 2 heterocycles. The van der Waals surface area contributed by atoms with Crippen molar-refractivity contribution in [2.24, 2.45) is 5.92 Å². The van der Waals surface area contributed by atoms with Crippen molar-refractivity contribution in [2.45, 2.75) is 6.42 Å². The molecule has 0 aliphatic carbocycles. The van der Waals surface area contributed by atoms with Crippen molar-refractivity contribution in [3.8, 4) is 0 Å². The lowest BCUT2D eigenvalue weighted by Gasteiger charge is -2.15. The van der Waals surface area contributed by atoms with Crippen LogP contribution in [-0.2, 0) is 4.79 Å². The number of carbonyl (C=O) groups excluding carboxylic acids is 1. The second-order valence-corrected chi connectivity index (χ2v) is 4.82. The standard InChI is InChI=1S/C14H13N3O3/c18-13(17-6-5-9(8-17)14(19)20)12-7-15-10-3-1-2-4-11(10)16-12/h1-4,7,9H,5-6,8H2,(H,19,20). The third kappa shape index (κ3) is 2.20. The van der Waals surface area contributed by atoms with Gasteiger partial charge in [-0.25, -0.2) is 4.98 Å². The maximum Gasteiger partial charge on any atom is 0.308 e. The number of hydrogen-bond acceptors (Lipinski definition) is 4. The molecule has 102 valence electrons. The van der Waals surface area contributed by atoms with Crippen LogP contribution < -0.4 is 0 Å². The molecule has 0 radical (unpaired) electrons. The van der Waals surface area contributed by atoms with Crippen LogP contribution in [0.1, 0.15) is 16.9 Å². The van der Waals surface area contributed by atoms with Crippen LogP contribution >= 0.6 is 0 Å². The van der Waals surface area contributed by atoms with E-state index in [0.29, 0.717) is 18.5 Å². The lowest BCUT2D eigenvalue weighted by molar-refractivity contribution is -0.141. The number of carboxylic acids is 1. The molecule has 6 nitrogen and oxygen atoms in total. The van der Waals surface area contributed by atoms with Gasteiger partial charge in [-0.1, -0.05) is 12.1 Å². The van der Waals surface area contributed by atoms with Crippen molar-refractivity contribution in [1.29, 1.82) is 0 Å². The minimum atomic E-state index is -0.857. The van der Waals surface area contributed by atoms with Crippen molar-refractivity contribution in [1.82, 2.24) is 14.9 Å². The molecule has 1 amide bonds. The Morgan fingerprint density at radius 2 is 2.00 bits per heavy atom. The number of benzene rings is 1. The average Bonchev–Trinajstić information content (AvgIpc) is 2.96. The minimum Gasteiger partial charge on any atom is -0.481 e. The maximum absolute atomic E-state index is 12.3. The number of carboxylic acid groups (broad SMARTS) is 1. The first-order valence-electron chi connectivity index (χ1n) is 6.39. The van der Waals surface area contributed by atoms with E-state index in [1.165, 1.54) is 11.1 Å². The van der Waals surface area contributed by atoms with E-state index in [1.54, 1.807) is 6.07 Å². The zero-order valence-electron chi connectivity index (χ0n) is 10.7. The van der Waals surface area contributed by atoms with Gasteiger partial charge >= 0.3 is 5.97 Å². The molecule has 2 aromatic rings. The molecule has 1 fully saturated rings. The molecule has 6 heteroatoms. The highest BCUT2D eigenvalue weighted by Crippen LogP contribution is 2.19. The van der Waals surface area contributed by atoms with E-state index in [0.717, 1.165) is 5.52 Å².